The van der Waals surface area contributed by atoms with E-state index in [1.807, 2.05) is 47.4 Å². The average Bonchev–Trinajstić information content (AvgIpc) is 3.44. The second-order valence-electron chi connectivity index (χ2n) is 6.98. The van der Waals surface area contributed by atoms with Crippen molar-refractivity contribution in [2.24, 2.45) is 0 Å². The third-order valence-corrected chi connectivity index (χ3v) is 7.99. The summed E-state index contributed by atoms with van der Waals surface area (Å²) >= 11 is 3.97. The second-order valence-corrected chi connectivity index (χ2v) is 10.3. The number of aromatic nitrogens is 2. The van der Waals surface area contributed by atoms with Gasteiger partial charge in [0.25, 0.3) is 5.91 Å². The van der Waals surface area contributed by atoms with Gasteiger partial charge in [0, 0.05) is 12.1 Å². The minimum absolute atomic E-state index is 0.0904. The molecule has 1 fully saturated rings. The first-order valence-corrected chi connectivity index (χ1v) is 12.8. The molecule has 0 aliphatic carbocycles. The quantitative estimate of drug-likeness (QED) is 0.283. The van der Waals surface area contributed by atoms with E-state index in [1.165, 1.54) is 30.2 Å². The van der Waals surface area contributed by atoms with Crippen molar-refractivity contribution in [3.05, 3.63) is 71.3 Å². The van der Waals surface area contributed by atoms with E-state index in [-0.39, 0.29) is 28.9 Å². The molecule has 0 unspecified atom stereocenters. The molecule has 4 rings (SSSR count). The lowest BCUT2D eigenvalue weighted by atomic mass is 10.1. The molecule has 0 radical (unpaired) electrons. The lowest BCUT2D eigenvalue weighted by molar-refractivity contribution is -0.137. The van der Waals surface area contributed by atoms with Crippen molar-refractivity contribution in [1.82, 2.24) is 15.1 Å². The fourth-order valence-corrected chi connectivity index (χ4v) is 5.92. The van der Waals surface area contributed by atoms with Crippen LogP contribution in [0.1, 0.15) is 26.9 Å². The third-order valence-electron chi connectivity index (χ3n) is 4.79. The van der Waals surface area contributed by atoms with E-state index < -0.39 is 0 Å². The molecule has 2 aromatic carbocycles. The highest BCUT2D eigenvalue weighted by Gasteiger charge is 2.32. The number of benzene rings is 2. The van der Waals surface area contributed by atoms with Crippen LogP contribution in [0, 0.1) is 0 Å². The second kappa shape index (κ2) is 10.8. The number of thioether (sulfide) groups is 2. The molecule has 0 bridgehead atoms. The van der Waals surface area contributed by atoms with Gasteiger partial charge in [-0.15, -0.1) is 22.0 Å². The van der Waals surface area contributed by atoms with E-state index >= 15 is 0 Å². The average molecular weight is 501 g/mol. The molecule has 170 valence electrons. The molecule has 2 amide bonds. The van der Waals surface area contributed by atoms with Gasteiger partial charge in [0.2, 0.25) is 11.0 Å². The Balaban J connectivity index is 1.38. The highest BCUT2D eigenvalue weighted by atomic mass is 32.2. The van der Waals surface area contributed by atoms with E-state index in [4.69, 9.17) is 0 Å². The Morgan fingerprint density at radius 1 is 1.15 bits per heavy atom. The number of esters is 1. The Morgan fingerprint density at radius 2 is 1.91 bits per heavy atom. The highest BCUT2D eigenvalue weighted by Crippen LogP contribution is 2.39. The zero-order valence-electron chi connectivity index (χ0n) is 17.6. The smallest absolute Gasteiger partial charge is 0.316 e. The number of hydrogen-bond donors (Lipinski definition) is 1. The minimum Gasteiger partial charge on any atom is -0.468 e. The van der Waals surface area contributed by atoms with Crippen molar-refractivity contribution < 1.29 is 19.1 Å². The summed E-state index contributed by atoms with van der Waals surface area (Å²) in [5.74, 6) is 0.00745. The first-order chi connectivity index (χ1) is 16.0. The molecule has 1 N–H and O–H groups in total. The van der Waals surface area contributed by atoms with Gasteiger partial charge >= 0.3 is 5.97 Å². The number of nitrogens with zero attached hydrogens (tertiary/aromatic N) is 3. The standard InChI is InChI=1S/C22H20N4O4S3/c1-30-18(28)13-32-22-25-24-21(33-22)23-19(29)15-7-9-16(10-8-15)20-26(17(27)12-31-20)11-14-5-3-2-4-6-14/h2-10,20H,11-13H2,1H3,(H,23,24,29)/t20-/m1/s1. The number of rotatable bonds is 8. The maximum absolute atomic E-state index is 12.6. The fraction of sp³-hybridized carbons (Fsp3) is 0.227. The number of anilines is 1. The summed E-state index contributed by atoms with van der Waals surface area (Å²) in [7, 11) is 1.32. The minimum atomic E-state index is -0.356. The summed E-state index contributed by atoms with van der Waals surface area (Å²) in [6.07, 6.45) is 0. The Bertz CT molecular complexity index is 1140. The summed E-state index contributed by atoms with van der Waals surface area (Å²) in [5.41, 5.74) is 2.52. The molecule has 11 heteroatoms. The number of carbonyl (C=O) groups excluding carboxylic acids is 3. The van der Waals surface area contributed by atoms with Crippen LogP contribution in [0.4, 0.5) is 5.13 Å². The first kappa shape index (κ1) is 23.3. The number of ether oxygens (including phenoxy) is 1. The molecule has 33 heavy (non-hydrogen) atoms. The molecule has 3 aromatic rings. The molecule has 2 heterocycles. The lowest BCUT2D eigenvalue weighted by Crippen LogP contribution is -2.27. The van der Waals surface area contributed by atoms with E-state index in [0.29, 0.717) is 27.3 Å². The molecule has 8 nitrogen and oxygen atoms in total. The SMILES string of the molecule is COC(=O)CSc1nnc(NC(=O)c2ccc([C@H]3SCC(=O)N3Cc3ccccc3)cc2)s1. The van der Waals surface area contributed by atoms with E-state index in [1.54, 1.807) is 23.9 Å². The molecule has 0 saturated carbocycles. The van der Waals surface area contributed by atoms with Gasteiger partial charge in [-0.05, 0) is 23.3 Å². The number of carbonyl (C=O) groups is 3. The van der Waals surface area contributed by atoms with Crippen LogP contribution >= 0.6 is 34.9 Å². The number of amides is 2. The van der Waals surface area contributed by atoms with Gasteiger partial charge in [-0.3, -0.25) is 19.7 Å². The van der Waals surface area contributed by atoms with Crippen LogP contribution in [-0.4, -0.2) is 51.5 Å². The van der Waals surface area contributed by atoms with Crippen molar-refractivity contribution >= 4 is 57.8 Å². The van der Waals surface area contributed by atoms with E-state index in [9.17, 15) is 14.4 Å². The van der Waals surface area contributed by atoms with Gasteiger partial charge < -0.3 is 9.64 Å². The van der Waals surface area contributed by atoms with Crippen LogP contribution in [0.25, 0.3) is 0 Å². The third kappa shape index (κ3) is 5.92. The van der Waals surface area contributed by atoms with Crippen LogP contribution in [0.5, 0.6) is 0 Å². The van der Waals surface area contributed by atoms with Crippen LogP contribution in [0.15, 0.2) is 58.9 Å². The Labute approximate surface area is 203 Å². The van der Waals surface area contributed by atoms with Crippen LogP contribution in [-0.2, 0) is 20.9 Å². The summed E-state index contributed by atoms with van der Waals surface area (Å²) in [4.78, 5) is 38.1. The number of methoxy groups -OCH3 is 1. The number of nitrogens with one attached hydrogen (secondary N) is 1. The predicted octanol–water partition coefficient (Wildman–Crippen LogP) is 3.83. The van der Waals surface area contributed by atoms with Crippen LogP contribution in [0.3, 0.4) is 0 Å². The van der Waals surface area contributed by atoms with Gasteiger partial charge in [0.05, 0.1) is 18.6 Å². The van der Waals surface area contributed by atoms with Crippen LogP contribution in [0.2, 0.25) is 0 Å². The van der Waals surface area contributed by atoms with Gasteiger partial charge in [0.1, 0.15) is 5.37 Å². The maximum atomic E-state index is 12.6. The maximum Gasteiger partial charge on any atom is 0.316 e. The lowest BCUT2D eigenvalue weighted by Gasteiger charge is -2.24. The molecule has 0 spiro atoms. The van der Waals surface area contributed by atoms with Crippen molar-refractivity contribution in [3.8, 4) is 0 Å². The van der Waals surface area contributed by atoms with Crippen molar-refractivity contribution in [2.75, 3.05) is 23.9 Å². The molecular weight excluding hydrogens is 480 g/mol. The topological polar surface area (TPSA) is 101 Å². The monoisotopic (exact) mass is 500 g/mol. The first-order valence-electron chi connectivity index (χ1n) is 9.93. The zero-order chi connectivity index (χ0) is 23.2. The van der Waals surface area contributed by atoms with Crippen molar-refractivity contribution in [2.45, 2.75) is 16.3 Å². The van der Waals surface area contributed by atoms with Crippen LogP contribution < -0.4 is 5.32 Å². The molecule has 1 aromatic heterocycles. The van der Waals surface area contributed by atoms with Crippen molar-refractivity contribution in [3.63, 3.8) is 0 Å². The van der Waals surface area contributed by atoms with Crippen molar-refractivity contribution in [1.29, 1.82) is 0 Å². The van der Waals surface area contributed by atoms with Gasteiger partial charge in [-0.2, -0.15) is 0 Å². The summed E-state index contributed by atoms with van der Waals surface area (Å²) in [6, 6.07) is 17.1. The largest absolute Gasteiger partial charge is 0.468 e. The van der Waals surface area contributed by atoms with E-state index in [0.717, 1.165) is 11.1 Å². The summed E-state index contributed by atoms with van der Waals surface area (Å²) in [5, 5.41) is 10.9. The molecule has 1 saturated heterocycles. The molecular formula is C22H20N4O4S3. The Morgan fingerprint density at radius 3 is 2.64 bits per heavy atom. The predicted molar refractivity (Wildman–Crippen MR) is 129 cm³/mol. The molecule has 1 atom stereocenters. The molecule has 1 aliphatic rings. The summed E-state index contributed by atoms with van der Waals surface area (Å²) < 4.78 is 5.16. The summed E-state index contributed by atoms with van der Waals surface area (Å²) in [6.45, 7) is 0.549. The van der Waals surface area contributed by atoms with Gasteiger partial charge in [-0.25, -0.2) is 0 Å². The Hall–Kier alpha value is -2.89. The zero-order valence-corrected chi connectivity index (χ0v) is 20.0. The van der Waals surface area contributed by atoms with Gasteiger partial charge in [-0.1, -0.05) is 65.6 Å². The Kier molecular flexibility index (Phi) is 7.63. The normalized spacial score (nSPS) is 15.5. The highest BCUT2D eigenvalue weighted by molar-refractivity contribution is 8.01. The van der Waals surface area contributed by atoms with E-state index in [2.05, 4.69) is 20.3 Å². The van der Waals surface area contributed by atoms with Gasteiger partial charge in [0.15, 0.2) is 4.34 Å². The fourth-order valence-electron chi connectivity index (χ4n) is 3.15. The molecule has 1 aliphatic heterocycles. The number of hydrogen-bond acceptors (Lipinski definition) is 9.